The van der Waals surface area contributed by atoms with E-state index < -0.39 is 34.7 Å². The Morgan fingerprint density at radius 1 is 1.04 bits per heavy atom. The van der Waals surface area contributed by atoms with Gasteiger partial charge in [0.25, 0.3) is 11.5 Å². The quantitative estimate of drug-likeness (QED) is 0.826. The maximum atomic E-state index is 14.5. The normalized spacial score (nSPS) is 19.7. The number of benzene rings is 1. The molecule has 130 valence electrons. The zero-order chi connectivity index (χ0) is 18.4. The number of urea groups is 1. The van der Waals surface area contributed by atoms with Gasteiger partial charge in [-0.25, -0.2) is 13.6 Å². The molecule has 0 spiro atoms. The van der Waals surface area contributed by atoms with Crippen LogP contribution in [0.4, 0.5) is 13.6 Å². The molecule has 2 heterocycles. The van der Waals surface area contributed by atoms with Crippen molar-refractivity contribution in [2.75, 3.05) is 0 Å². The number of imide groups is 1. The lowest BCUT2D eigenvalue weighted by molar-refractivity contribution is -0.125. The van der Waals surface area contributed by atoms with Crippen molar-refractivity contribution >= 4 is 11.9 Å². The molecule has 0 bridgehead atoms. The molecule has 1 fully saturated rings. The summed E-state index contributed by atoms with van der Waals surface area (Å²) in [5, 5.41) is 4.38. The number of amides is 3. The van der Waals surface area contributed by atoms with Crippen molar-refractivity contribution in [3.63, 3.8) is 0 Å². The van der Waals surface area contributed by atoms with Crippen molar-refractivity contribution in [1.29, 1.82) is 0 Å². The highest BCUT2D eigenvalue weighted by Gasteiger charge is 2.50. The summed E-state index contributed by atoms with van der Waals surface area (Å²) in [5.74, 6) is -3.20. The molecular weight excluding hydrogens is 332 g/mol. The van der Waals surface area contributed by atoms with Gasteiger partial charge in [-0.05, 0) is 25.5 Å². The number of hydrogen-bond donors (Lipinski definition) is 2. The fourth-order valence-corrected chi connectivity index (χ4v) is 2.89. The van der Waals surface area contributed by atoms with Crippen molar-refractivity contribution in [3.8, 4) is 0 Å². The molecule has 6 nitrogen and oxygen atoms in total. The maximum absolute atomic E-state index is 14.5. The van der Waals surface area contributed by atoms with Crippen molar-refractivity contribution in [3.05, 3.63) is 69.1 Å². The number of pyridine rings is 1. The van der Waals surface area contributed by atoms with Gasteiger partial charge >= 0.3 is 6.03 Å². The predicted molar refractivity (Wildman–Crippen MR) is 84.9 cm³/mol. The molecule has 2 N–H and O–H groups in total. The van der Waals surface area contributed by atoms with Crippen LogP contribution in [0.2, 0.25) is 0 Å². The Labute approximate surface area is 141 Å². The van der Waals surface area contributed by atoms with Gasteiger partial charge in [-0.1, -0.05) is 18.2 Å². The summed E-state index contributed by atoms with van der Waals surface area (Å²) in [4.78, 5) is 36.4. The van der Waals surface area contributed by atoms with Gasteiger partial charge in [0.05, 0.1) is 6.54 Å². The molecule has 1 aromatic carbocycles. The van der Waals surface area contributed by atoms with Gasteiger partial charge < -0.3 is 9.88 Å². The van der Waals surface area contributed by atoms with E-state index in [1.54, 1.807) is 19.1 Å². The third-order valence-corrected chi connectivity index (χ3v) is 4.29. The molecule has 1 atom stereocenters. The molecule has 8 heteroatoms. The Balaban J connectivity index is 2.21. The topological polar surface area (TPSA) is 80.2 Å². The number of hydrogen-bond acceptors (Lipinski definition) is 3. The van der Waals surface area contributed by atoms with Gasteiger partial charge in [-0.2, -0.15) is 0 Å². The van der Waals surface area contributed by atoms with Gasteiger partial charge in [-0.3, -0.25) is 14.9 Å². The molecule has 1 unspecified atom stereocenters. The minimum absolute atomic E-state index is 0.0638. The Kier molecular flexibility index (Phi) is 3.90. The lowest BCUT2D eigenvalue weighted by Gasteiger charge is -2.28. The highest BCUT2D eigenvalue weighted by atomic mass is 19.2. The molecule has 0 aliphatic carbocycles. The van der Waals surface area contributed by atoms with Crippen LogP contribution in [0.3, 0.4) is 0 Å². The summed E-state index contributed by atoms with van der Waals surface area (Å²) in [6.45, 7) is 2.60. The second kappa shape index (κ2) is 5.80. The fourth-order valence-electron chi connectivity index (χ4n) is 2.89. The Morgan fingerprint density at radius 2 is 1.76 bits per heavy atom. The summed E-state index contributed by atoms with van der Waals surface area (Å²) in [6.07, 6.45) is 1.41. The molecular formula is C17H15F2N3O3. The first-order valence-corrected chi connectivity index (χ1v) is 7.51. The van der Waals surface area contributed by atoms with Crippen LogP contribution in [0.25, 0.3) is 0 Å². The van der Waals surface area contributed by atoms with Gasteiger partial charge in [-0.15, -0.1) is 0 Å². The molecule has 1 aliphatic rings. The SMILES string of the molecule is Cc1ccc(C2(Cn3cccc(C)c3=O)NC(=O)NC2=O)c(F)c1F. The van der Waals surface area contributed by atoms with Gasteiger partial charge in [0.1, 0.15) is 0 Å². The van der Waals surface area contributed by atoms with Crippen LogP contribution in [0.5, 0.6) is 0 Å². The lowest BCUT2D eigenvalue weighted by Crippen LogP contribution is -2.50. The molecule has 3 amide bonds. The number of carbonyl (C=O) groups is 2. The van der Waals surface area contributed by atoms with Crippen molar-refractivity contribution in [2.24, 2.45) is 0 Å². The third-order valence-electron chi connectivity index (χ3n) is 4.29. The molecule has 0 radical (unpaired) electrons. The predicted octanol–water partition coefficient (Wildman–Crippen LogP) is 1.48. The van der Waals surface area contributed by atoms with Crippen LogP contribution in [0.15, 0.2) is 35.3 Å². The minimum Gasteiger partial charge on any atom is -0.318 e. The van der Waals surface area contributed by atoms with E-state index in [9.17, 15) is 23.2 Å². The van der Waals surface area contributed by atoms with E-state index >= 15 is 0 Å². The summed E-state index contributed by atoms with van der Waals surface area (Å²) in [6, 6.07) is 4.88. The van der Waals surface area contributed by atoms with Crippen LogP contribution in [-0.4, -0.2) is 16.5 Å². The van der Waals surface area contributed by atoms with E-state index in [2.05, 4.69) is 5.32 Å². The average molecular weight is 347 g/mol. The van der Waals surface area contributed by atoms with Crippen molar-refractivity contribution in [1.82, 2.24) is 15.2 Å². The van der Waals surface area contributed by atoms with Gasteiger partial charge in [0.15, 0.2) is 17.2 Å². The Hall–Kier alpha value is -3.03. The summed E-state index contributed by atoms with van der Waals surface area (Å²) in [5.41, 5.74) is -2.18. The first-order valence-electron chi connectivity index (χ1n) is 7.51. The molecule has 25 heavy (non-hydrogen) atoms. The van der Waals surface area contributed by atoms with Crippen molar-refractivity contribution in [2.45, 2.75) is 25.9 Å². The van der Waals surface area contributed by atoms with Crippen LogP contribution in [-0.2, 0) is 16.9 Å². The van der Waals surface area contributed by atoms with Crippen LogP contribution in [0, 0.1) is 25.5 Å². The van der Waals surface area contributed by atoms with Crippen LogP contribution in [0.1, 0.15) is 16.7 Å². The smallest absolute Gasteiger partial charge is 0.318 e. The lowest BCUT2D eigenvalue weighted by atomic mass is 9.88. The van der Waals surface area contributed by atoms with Gasteiger partial charge in [0.2, 0.25) is 0 Å². The number of halogens is 2. The third kappa shape index (κ3) is 2.59. The Bertz CT molecular complexity index is 955. The molecule has 0 saturated carbocycles. The largest absolute Gasteiger partial charge is 0.322 e. The first kappa shape index (κ1) is 16.8. The van der Waals surface area contributed by atoms with Crippen LogP contribution >= 0.6 is 0 Å². The fraction of sp³-hybridized carbons (Fsp3) is 0.235. The highest BCUT2D eigenvalue weighted by molar-refractivity contribution is 6.07. The standard InChI is InChI=1S/C17H15F2N3O3/c1-9-5-6-11(13(19)12(9)18)17(15(24)20-16(25)21-17)8-22-7-3-4-10(2)14(22)23/h3-7H,8H2,1-2H3,(H2,20,21,24,25). The van der Waals surface area contributed by atoms with E-state index in [1.165, 1.54) is 29.8 Å². The number of rotatable bonds is 3. The van der Waals surface area contributed by atoms with Crippen LogP contribution < -0.4 is 16.2 Å². The Morgan fingerprint density at radius 3 is 2.40 bits per heavy atom. The van der Waals surface area contributed by atoms with Gasteiger partial charge in [0, 0.05) is 17.3 Å². The number of aromatic nitrogens is 1. The maximum Gasteiger partial charge on any atom is 0.322 e. The molecule has 1 aromatic heterocycles. The van der Waals surface area contributed by atoms with Crippen molar-refractivity contribution < 1.29 is 18.4 Å². The number of aryl methyl sites for hydroxylation is 2. The summed E-state index contributed by atoms with van der Waals surface area (Å²) < 4.78 is 29.8. The van der Waals surface area contributed by atoms with E-state index in [0.29, 0.717) is 5.56 Å². The molecule has 2 aromatic rings. The number of nitrogens with zero attached hydrogens (tertiary/aromatic N) is 1. The minimum atomic E-state index is -1.92. The summed E-state index contributed by atoms with van der Waals surface area (Å²) in [7, 11) is 0. The first-order chi connectivity index (χ1) is 11.8. The van der Waals surface area contributed by atoms with E-state index in [4.69, 9.17) is 0 Å². The highest BCUT2D eigenvalue weighted by Crippen LogP contribution is 2.31. The molecule has 1 saturated heterocycles. The van der Waals surface area contributed by atoms with E-state index in [-0.39, 0.29) is 17.7 Å². The second-order valence-corrected chi connectivity index (χ2v) is 6.00. The zero-order valence-corrected chi connectivity index (χ0v) is 13.5. The average Bonchev–Trinajstić information content (AvgIpc) is 2.84. The monoisotopic (exact) mass is 347 g/mol. The number of nitrogens with one attached hydrogen (secondary N) is 2. The van der Waals surface area contributed by atoms with E-state index in [1.807, 2.05) is 5.32 Å². The molecule has 1 aliphatic heterocycles. The second-order valence-electron chi connectivity index (χ2n) is 6.00. The summed E-state index contributed by atoms with van der Waals surface area (Å²) >= 11 is 0. The van der Waals surface area contributed by atoms with E-state index in [0.717, 1.165) is 0 Å². The number of carbonyl (C=O) groups excluding carboxylic acids is 2. The molecule has 3 rings (SSSR count). The zero-order valence-electron chi connectivity index (χ0n) is 13.5.